The normalized spacial score (nSPS) is 11.0. The summed E-state index contributed by atoms with van der Waals surface area (Å²) in [6.07, 6.45) is -5.44. The zero-order chi connectivity index (χ0) is 18.2. The number of carbonyl (C=O) groups excluding carboxylic acids is 1. The van der Waals surface area contributed by atoms with E-state index in [1.54, 1.807) is 6.92 Å². The average molecular weight is 349 g/mol. The summed E-state index contributed by atoms with van der Waals surface area (Å²) in [5.74, 6) is -1.37. The molecule has 0 unspecified atom stereocenters. The van der Waals surface area contributed by atoms with Crippen molar-refractivity contribution in [1.29, 1.82) is 0 Å². The van der Waals surface area contributed by atoms with Gasteiger partial charge in [-0.3, -0.25) is 4.79 Å². The van der Waals surface area contributed by atoms with Gasteiger partial charge in [0.25, 0.3) is 5.91 Å². The van der Waals surface area contributed by atoms with Gasteiger partial charge in [0.1, 0.15) is 0 Å². The Morgan fingerprint density at radius 2 is 1.92 bits per heavy atom. The molecule has 0 heterocycles. The second-order valence-corrected chi connectivity index (χ2v) is 4.75. The van der Waals surface area contributed by atoms with Crippen molar-refractivity contribution in [3.63, 3.8) is 0 Å². The van der Waals surface area contributed by atoms with Crippen LogP contribution in [0.15, 0.2) is 18.2 Å². The molecule has 0 radical (unpaired) electrons. The Hall–Kier alpha value is -2.45. The SMILES string of the molecule is CCOc1cc(C(=O)NCCCC(F)(F)F)ccc1OCC(=O)O. The van der Waals surface area contributed by atoms with Crippen LogP contribution < -0.4 is 14.8 Å². The largest absolute Gasteiger partial charge is 0.490 e. The van der Waals surface area contributed by atoms with Crippen molar-refractivity contribution in [2.45, 2.75) is 25.9 Å². The monoisotopic (exact) mass is 349 g/mol. The van der Waals surface area contributed by atoms with Crippen LogP contribution in [0.5, 0.6) is 11.5 Å². The number of carboxylic acid groups (broad SMARTS) is 1. The molecule has 0 aliphatic rings. The highest BCUT2D eigenvalue weighted by Gasteiger charge is 2.26. The highest BCUT2D eigenvalue weighted by Crippen LogP contribution is 2.28. The van der Waals surface area contributed by atoms with Crippen LogP contribution >= 0.6 is 0 Å². The molecule has 0 bridgehead atoms. The van der Waals surface area contributed by atoms with Crippen LogP contribution in [0.1, 0.15) is 30.1 Å². The number of hydrogen-bond acceptors (Lipinski definition) is 4. The maximum Gasteiger partial charge on any atom is 0.389 e. The highest BCUT2D eigenvalue weighted by molar-refractivity contribution is 5.94. The number of carboxylic acids is 1. The van der Waals surface area contributed by atoms with E-state index in [2.05, 4.69) is 5.32 Å². The van der Waals surface area contributed by atoms with E-state index in [4.69, 9.17) is 14.6 Å². The zero-order valence-electron chi connectivity index (χ0n) is 13.0. The molecular weight excluding hydrogens is 331 g/mol. The molecular formula is C15H18F3NO5. The van der Waals surface area contributed by atoms with Crippen molar-refractivity contribution in [2.24, 2.45) is 0 Å². The lowest BCUT2D eigenvalue weighted by atomic mass is 10.2. The van der Waals surface area contributed by atoms with Crippen molar-refractivity contribution in [3.05, 3.63) is 23.8 Å². The second kappa shape index (κ2) is 8.99. The van der Waals surface area contributed by atoms with Crippen LogP contribution in [-0.4, -0.2) is 42.9 Å². The number of rotatable bonds is 9. The van der Waals surface area contributed by atoms with Crippen LogP contribution in [0.25, 0.3) is 0 Å². The summed E-state index contributed by atoms with van der Waals surface area (Å²) in [6.45, 7) is 1.29. The predicted octanol–water partition coefficient (Wildman–Crippen LogP) is 2.62. The number of aliphatic carboxylic acids is 1. The van der Waals surface area contributed by atoms with E-state index in [0.717, 1.165) is 0 Å². The minimum absolute atomic E-state index is 0.112. The molecule has 0 fully saturated rings. The zero-order valence-corrected chi connectivity index (χ0v) is 13.0. The summed E-state index contributed by atoms with van der Waals surface area (Å²) in [5, 5.41) is 11.0. The molecule has 0 aliphatic heterocycles. The number of hydrogen-bond donors (Lipinski definition) is 2. The summed E-state index contributed by atoms with van der Waals surface area (Å²) < 4.78 is 46.4. The number of ether oxygens (including phenoxy) is 2. The molecule has 0 spiro atoms. The van der Waals surface area contributed by atoms with Crippen molar-refractivity contribution in [2.75, 3.05) is 19.8 Å². The first-order chi connectivity index (χ1) is 11.2. The Kier molecular flexibility index (Phi) is 7.34. The molecule has 6 nitrogen and oxygen atoms in total. The number of alkyl halides is 3. The number of benzene rings is 1. The predicted molar refractivity (Wildman–Crippen MR) is 78.4 cm³/mol. The van der Waals surface area contributed by atoms with Crippen LogP contribution in [0.4, 0.5) is 13.2 Å². The van der Waals surface area contributed by atoms with E-state index >= 15 is 0 Å². The Morgan fingerprint density at radius 3 is 2.50 bits per heavy atom. The van der Waals surface area contributed by atoms with Gasteiger partial charge in [0.15, 0.2) is 18.1 Å². The van der Waals surface area contributed by atoms with Crippen molar-refractivity contribution in [1.82, 2.24) is 5.32 Å². The summed E-state index contributed by atoms with van der Waals surface area (Å²) in [6, 6.07) is 4.09. The maximum atomic E-state index is 12.0. The standard InChI is InChI=1S/C15H18F3NO5/c1-2-23-12-8-10(4-5-11(12)24-9-13(20)21)14(22)19-7-3-6-15(16,17)18/h4-5,8H,2-3,6-7,9H2,1H3,(H,19,22)(H,20,21). The van der Waals surface area contributed by atoms with E-state index in [0.29, 0.717) is 0 Å². The van der Waals surface area contributed by atoms with Gasteiger partial charge in [-0.15, -0.1) is 0 Å². The third kappa shape index (κ3) is 7.21. The molecule has 2 N–H and O–H groups in total. The van der Waals surface area contributed by atoms with Gasteiger partial charge in [0.05, 0.1) is 6.61 Å². The molecule has 0 atom stereocenters. The van der Waals surface area contributed by atoms with E-state index in [1.807, 2.05) is 0 Å². The smallest absolute Gasteiger partial charge is 0.389 e. The summed E-state index contributed by atoms with van der Waals surface area (Å²) in [4.78, 5) is 22.4. The summed E-state index contributed by atoms with van der Waals surface area (Å²) in [7, 11) is 0. The van der Waals surface area contributed by atoms with Gasteiger partial charge in [-0.1, -0.05) is 0 Å². The van der Waals surface area contributed by atoms with Crippen molar-refractivity contribution < 1.29 is 37.3 Å². The number of carbonyl (C=O) groups is 2. The number of halogens is 3. The molecule has 0 saturated carbocycles. The maximum absolute atomic E-state index is 12.0. The molecule has 9 heteroatoms. The topological polar surface area (TPSA) is 84.9 Å². The van der Waals surface area contributed by atoms with Crippen molar-refractivity contribution in [3.8, 4) is 11.5 Å². The quantitative estimate of drug-likeness (QED) is 0.670. The van der Waals surface area contributed by atoms with Crippen LogP contribution in [0.2, 0.25) is 0 Å². The third-order valence-corrected chi connectivity index (χ3v) is 2.78. The van der Waals surface area contributed by atoms with Gasteiger partial charge >= 0.3 is 12.1 Å². The van der Waals surface area contributed by atoms with Gasteiger partial charge in [0, 0.05) is 18.5 Å². The molecule has 0 saturated heterocycles. The van der Waals surface area contributed by atoms with Crippen LogP contribution in [0, 0.1) is 0 Å². The Balaban J connectivity index is 2.68. The van der Waals surface area contributed by atoms with Crippen molar-refractivity contribution >= 4 is 11.9 Å². The number of amides is 1. The molecule has 1 rings (SSSR count). The molecule has 1 amide bonds. The van der Waals surface area contributed by atoms with Gasteiger partial charge in [0.2, 0.25) is 0 Å². The first-order valence-electron chi connectivity index (χ1n) is 7.19. The first kappa shape index (κ1) is 19.6. The lowest BCUT2D eigenvalue weighted by Gasteiger charge is -2.12. The fraction of sp³-hybridized carbons (Fsp3) is 0.467. The van der Waals surface area contributed by atoms with Gasteiger partial charge in [-0.2, -0.15) is 13.2 Å². The minimum atomic E-state index is -4.25. The lowest BCUT2D eigenvalue weighted by molar-refractivity contribution is -0.139. The average Bonchev–Trinajstić information content (AvgIpc) is 2.49. The molecule has 0 aliphatic carbocycles. The fourth-order valence-corrected chi connectivity index (χ4v) is 1.77. The third-order valence-electron chi connectivity index (χ3n) is 2.78. The lowest BCUT2D eigenvalue weighted by Crippen LogP contribution is -2.25. The van der Waals surface area contributed by atoms with E-state index in [-0.39, 0.29) is 36.6 Å². The fourth-order valence-electron chi connectivity index (χ4n) is 1.77. The van der Waals surface area contributed by atoms with E-state index in [9.17, 15) is 22.8 Å². The summed E-state index contributed by atoms with van der Waals surface area (Å²) >= 11 is 0. The number of nitrogens with one attached hydrogen (secondary N) is 1. The van der Waals surface area contributed by atoms with Gasteiger partial charge in [-0.05, 0) is 31.5 Å². The van der Waals surface area contributed by atoms with Crippen LogP contribution in [0.3, 0.4) is 0 Å². The molecule has 0 aromatic heterocycles. The summed E-state index contributed by atoms with van der Waals surface area (Å²) in [5.41, 5.74) is 0.174. The van der Waals surface area contributed by atoms with E-state index in [1.165, 1.54) is 18.2 Å². The molecule has 1 aromatic carbocycles. The van der Waals surface area contributed by atoms with Gasteiger partial charge < -0.3 is 19.9 Å². The van der Waals surface area contributed by atoms with Crippen LogP contribution in [-0.2, 0) is 4.79 Å². The molecule has 134 valence electrons. The molecule has 24 heavy (non-hydrogen) atoms. The Labute approximate surface area is 136 Å². The minimum Gasteiger partial charge on any atom is -0.490 e. The van der Waals surface area contributed by atoms with Gasteiger partial charge in [-0.25, -0.2) is 4.79 Å². The first-order valence-corrected chi connectivity index (χ1v) is 7.19. The Morgan fingerprint density at radius 1 is 1.21 bits per heavy atom. The Bertz CT molecular complexity index is 575. The highest BCUT2D eigenvalue weighted by atomic mass is 19.4. The second-order valence-electron chi connectivity index (χ2n) is 4.75. The molecule has 1 aromatic rings. The van der Waals surface area contributed by atoms with E-state index < -0.39 is 31.1 Å².